The molecule has 0 aromatic heterocycles. The van der Waals surface area contributed by atoms with Crippen LogP contribution in [0.15, 0.2) is 0 Å². The molecule has 0 radical (unpaired) electrons. The van der Waals surface area contributed by atoms with Gasteiger partial charge in [-0.3, -0.25) is 0 Å². The van der Waals surface area contributed by atoms with Crippen molar-refractivity contribution in [3.05, 3.63) is 0 Å². The first-order chi connectivity index (χ1) is 6.01. The molecule has 0 bridgehead atoms. The van der Waals surface area contributed by atoms with Gasteiger partial charge in [0.1, 0.15) is 0 Å². The first-order valence-electron chi connectivity index (χ1n) is 4.62. The molecule has 1 saturated heterocycles. The number of rotatable bonds is 4. The van der Waals surface area contributed by atoms with E-state index >= 15 is 0 Å². The van der Waals surface area contributed by atoms with Crippen molar-refractivity contribution < 1.29 is 19.3 Å². The van der Waals surface area contributed by atoms with Crippen molar-refractivity contribution in [3.63, 3.8) is 0 Å². The van der Waals surface area contributed by atoms with Crippen LogP contribution in [0.4, 0.5) is 0 Å². The monoisotopic (exact) mass is 190 g/mol. The van der Waals surface area contributed by atoms with Gasteiger partial charge in [-0.25, -0.2) is 0 Å². The Morgan fingerprint density at radius 1 is 1.54 bits per heavy atom. The molecule has 4 nitrogen and oxygen atoms in total. The highest BCUT2D eigenvalue weighted by Gasteiger charge is 2.30. The number of hydrogen-bond acceptors (Lipinski definition) is 4. The van der Waals surface area contributed by atoms with Crippen LogP contribution in [-0.4, -0.2) is 36.5 Å². The van der Waals surface area contributed by atoms with Crippen LogP contribution in [0.3, 0.4) is 0 Å². The Morgan fingerprint density at radius 3 is 2.77 bits per heavy atom. The summed E-state index contributed by atoms with van der Waals surface area (Å²) < 4.78 is 15.7. The second-order valence-electron chi connectivity index (χ2n) is 3.85. The summed E-state index contributed by atoms with van der Waals surface area (Å²) in [6, 6.07) is 0. The quantitative estimate of drug-likeness (QED) is 0.715. The zero-order valence-corrected chi connectivity index (χ0v) is 8.45. The maximum absolute atomic E-state index is 9.52. The molecule has 2 unspecified atom stereocenters. The van der Waals surface area contributed by atoms with Crippen LogP contribution < -0.4 is 0 Å². The molecule has 0 amide bonds. The van der Waals surface area contributed by atoms with Crippen molar-refractivity contribution in [3.8, 4) is 0 Å². The number of hydrogen-bond donors (Lipinski definition) is 1. The average Bonchev–Trinajstić information content (AvgIpc) is 2.33. The van der Waals surface area contributed by atoms with Gasteiger partial charge in [0.25, 0.3) is 6.48 Å². The molecule has 0 aromatic carbocycles. The summed E-state index contributed by atoms with van der Waals surface area (Å²) in [4.78, 5) is 0. The highest BCUT2D eigenvalue weighted by atomic mass is 16.9. The average molecular weight is 190 g/mol. The standard InChI is InChI=1S/C9H18O4/c1-4-11-8-12-6-7(13-8)5-9(2,3)10/h7-8,10H,4-6H2,1-3H3. The number of ether oxygens (including phenoxy) is 3. The molecule has 78 valence electrons. The zero-order chi connectivity index (χ0) is 9.90. The summed E-state index contributed by atoms with van der Waals surface area (Å²) in [5.74, 6) is 0. The predicted molar refractivity (Wildman–Crippen MR) is 47.2 cm³/mol. The lowest BCUT2D eigenvalue weighted by Gasteiger charge is -2.20. The molecular weight excluding hydrogens is 172 g/mol. The molecule has 13 heavy (non-hydrogen) atoms. The second kappa shape index (κ2) is 4.37. The molecular formula is C9H18O4. The third-order valence-electron chi connectivity index (χ3n) is 1.75. The minimum Gasteiger partial charge on any atom is -0.390 e. The molecule has 0 spiro atoms. The van der Waals surface area contributed by atoms with E-state index in [1.54, 1.807) is 13.8 Å². The van der Waals surface area contributed by atoms with Gasteiger partial charge in [-0.15, -0.1) is 0 Å². The van der Waals surface area contributed by atoms with Gasteiger partial charge in [0, 0.05) is 13.0 Å². The van der Waals surface area contributed by atoms with E-state index < -0.39 is 12.1 Å². The Hall–Kier alpha value is -0.160. The van der Waals surface area contributed by atoms with Gasteiger partial charge in [-0.05, 0) is 20.8 Å². The summed E-state index contributed by atoms with van der Waals surface area (Å²) in [5, 5.41) is 9.52. The largest absolute Gasteiger partial charge is 0.390 e. The van der Waals surface area contributed by atoms with Crippen LogP contribution >= 0.6 is 0 Å². The van der Waals surface area contributed by atoms with Gasteiger partial charge >= 0.3 is 0 Å². The van der Waals surface area contributed by atoms with E-state index in [1.807, 2.05) is 6.92 Å². The van der Waals surface area contributed by atoms with Crippen LogP contribution in [0.5, 0.6) is 0 Å². The van der Waals surface area contributed by atoms with Gasteiger partial charge in [0.2, 0.25) is 0 Å². The second-order valence-corrected chi connectivity index (χ2v) is 3.85. The molecule has 1 aliphatic heterocycles. The van der Waals surface area contributed by atoms with Crippen molar-refractivity contribution in [2.45, 2.75) is 45.4 Å². The van der Waals surface area contributed by atoms with E-state index in [-0.39, 0.29) is 6.10 Å². The van der Waals surface area contributed by atoms with Gasteiger partial charge in [0.05, 0.1) is 18.3 Å². The highest BCUT2D eigenvalue weighted by molar-refractivity contribution is 4.74. The fourth-order valence-corrected chi connectivity index (χ4v) is 1.31. The van der Waals surface area contributed by atoms with E-state index in [1.165, 1.54) is 0 Å². The molecule has 1 N–H and O–H groups in total. The summed E-state index contributed by atoms with van der Waals surface area (Å²) in [6.07, 6.45) is 0.507. The minimum absolute atomic E-state index is 0.0588. The Kier molecular flexibility index (Phi) is 3.67. The number of aliphatic hydroxyl groups is 1. The Morgan fingerprint density at radius 2 is 2.23 bits per heavy atom. The fraction of sp³-hybridized carbons (Fsp3) is 1.00. The first kappa shape index (κ1) is 10.9. The molecule has 0 aliphatic carbocycles. The molecule has 0 saturated carbocycles. The summed E-state index contributed by atoms with van der Waals surface area (Å²) >= 11 is 0. The molecule has 1 aliphatic rings. The molecule has 2 atom stereocenters. The van der Waals surface area contributed by atoms with Crippen LogP contribution in [0.1, 0.15) is 27.2 Å². The first-order valence-corrected chi connectivity index (χ1v) is 4.62. The van der Waals surface area contributed by atoms with Crippen LogP contribution in [0.25, 0.3) is 0 Å². The Bertz CT molecular complexity index is 152. The summed E-state index contributed by atoms with van der Waals surface area (Å²) in [7, 11) is 0. The summed E-state index contributed by atoms with van der Waals surface area (Å²) in [6.45, 7) is 5.91. The van der Waals surface area contributed by atoms with Gasteiger partial charge in [-0.2, -0.15) is 0 Å². The van der Waals surface area contributed by atoms with E-state index in [4.69, 9.17) is 14.2 Å². The van der Waals surface area contributed by atoms with E-state index in [0.717, 1.165) is 0 Å². The molecule has 1 rings (SSSR count). The van der Waals surface area contributed by atoms with E-state index in [0.29, 0.717) is 19.6 Å². The minimum atomic E-state index is -0.713. The van der Waals surface area contributed by atoms with Crippen LogP contribution in [0, 0.1) is 0 Å². The molecule has 0 aromatic rings. The maximum atomic E-state index is 9.52. The third-order valence-corrected chi connectivity index (χ3v) is 1.75. The summed E-state index contributed by atoms with van der Waals surface area (Å²) in [5.41, 5.74) is -0.713. The third kappa shape index (κ3) is 4.04. The van der Waals surface area contributed by atoms with Crippen molar-refractivity contribution in [2.75, 3.05) is 13.2 Å². The van der Waals surface area contributed by atoms with Crippen molar-refractivity contribution in [1.82, 2.24) is 0 Å². The smallest absolute Gasteiger partial charge is 0.272 e. The van der Waals surface area contributed by atoms with Crippen molar-refractivity contribution >= 4 is 0 Å². The van der Waals surface area contributed by atoms with Gasteiger partial charge in [-0.1, -0.05) is 0 Å². The van der Waals surface area contributed by atoms with Crippen molar-refractivity contribution in [1.29, 1.82) is 0 Å². The molecule has 4 heteroatoms. The lowest BCUT2D eigenvalue weighted by atomic mass is 10.0. The molecule has 1 fully saturated rings. The normalized spacial score (nSPS) is 29.5. The van der Waals surface area contributed by atoms with Crippen molar-refractivity contribution in [2.24, 2.45) is 0 Å². The lowest BCUT2D eigenvalue weighted by molar-refractivity contribution is -0.236. The lowest BCUT2D eigenvalue weighted by Crippen LogP contribution is -2.28. The SMILES string of the molecule is CCOC1OCC(CC(C)(C)O)O1. The highest BCUT2D eigenvalue weighted by Crippen LogP contribution is 2.21. The zero-order valence-electron chi connectivity index (χ0n) is 8.45. The van der Waals surface area contributed by atoms with E-state index in [2.05, 4.69) is 0 Å². The molecule has 1 heterocycles. The van der Waals surface area contributed by atoms with Crippen LogP contribution in [-0.2, 0) is 14.2 Å². The van der Waals surface area contributed by atoms with Gasteiger partial charge < -0.3 is 19.3 Å². The Labute approximate surface area is 78.8 Å². The Balaban J connectivity index is 2.25. The van der Waals surface area contributed by atoms with Gasteiger partial charge in [0.15, 0.2) is 0 Å². The topological polar surface area (TPSA) is 47.9 Å². The fourth-order valence-electron chi connectivity index (χ4n) is 1.31. The maximum Gasteiger partial charge on any atom is 0.272 e. The van der Waals surface area contributed by atoms with Crippen LogP contribution in [0.2, 0.25) is 0 Å². The predicted octanol–water partition coefficient (Wildman–Crippen LogP) is 0.883. The van der Waals surface area contributed by atoms with E-state index in [9.17, 15) is 5.11 Å².